The van der Waals surface area contributed by atoms with Crippen LogP contribution in [0.5, 0.6) is 5.75 Å². The topological polar surface area (TPSA) is 103 Å². The molecule has 0 bridgehead atoms. The van der Waals surface area contributed by atoms with E-state index < -0.39 is 35.1 Å². The van der Waals surface area contributed by atoms with Crippen LogP contribution in [0.15, 0.2) is 54.6 Å². The molecule has 1 spiro atoms. The fourth-order valence-corrected chi connectivity index (χ4v) is 6.58. The van der Waals surface area contributed by atoms with Crippen LogP contribution in [0, 0.1) is 22.6 Å². The van der Waals surface area contributed by atoms with Crippen LogP contribution in [-0.4, -0.2) is 31.0 Å². The fraction of sp³-hybridized carbons (Fsp3) is 0.323. The summed E-state index contributed by atoms with van der Waals surface area (Å²) in [5.74, 6) is -2.24. The zero-order valence-corrected chi connectivity index (χ0v) is 24.5. The standard InChI is InChI=1S/C31H29Cl2FN4O3/c1-30(2,3)14-24-31(19-10-9-17(32)13-22(19)37-29(31)40)25(18-6-5-7-20(33)26(18)34)27(38-24)28(39)36-21-11-8-16(15-35)12-23(21)41-4/h5-13,24-25,27,38H,14H2,1-4H3,(H,36,39)(H,37,40)/t24-,25-,27+,31+/m0/s1. The Balaban J connectivity index is 1.71. The number of fused-ring (bicyclic) bond motifs is 2. The smallest absolute Gasteiger partial charge is 0.242 e. The molecular formula is C31H29Cl2FN4O3. The zero-order valence-electron chi connectivity index (χ0n) is 22.9. The SMILES string of the molecule is COc1cc(C#N)ccc1NC(=O)[C@@H]1N[C@@H](CC(C)(C)C)[C@@]2(C(=O)Nc3cc(Cl)ccc32)[C@H]1c1cccc(Cl)c1F. The molecule has 4 atom stereocenters. The Morgan fingerprint density at radius 1 is 1.17 bits per heavy atom. The largest absolute Gasteiger partial charge is 0.495 e. The molecule has 41 heavy (non-hydrogen) atoms. The van der Waals surface area contributed by atoms with Gasteiger partial charge < -0.3 is 20.7 Å². The van der Waals surface area contributed by atoms with Crippen molar-refractivity contribution in [2.24, 2.45) is 5.41 Å². The Hall–Kier alpha value is -3.64. The van der Waals surface area contributed by atoms with Gasteiger partial charge in [0.2, 0.25) is 11.8 Å². The number of nitrogens with one attached hydrogen (secondary N) is 3. The van der Waals surface area contributed by atoms with Crippen molar-refractivity contribution in [3.05, 3.63) is 87.2 Å². The number of hydrogen-bond acceptors (Lipinski definition) is 5. The molecule has 3 N–H and O–H groups in total. The summed E-state index contributed by atoms with van der Waals surface area (Å²) >= 11 is 12.5. The Labute approximate surface area is 248 Å². The third-order valence-corrected chi connectivity index (χ3v) is 8.34. The number of carbonyl (C=O) groups is 2. The van der Waals surface area contributed by atoms with Crippen molar-refractivity contribution in [2.45, 2.75) is 50.6 Å². The summed E-state index contributed by atoms with van der Waals surface area (Å²) in [6.45, 7) is 6.13. The molecule has 10 heteroatoms. The first-order valence-electron chi connectivity index (χ1n) is 13.1. The molecule has 212 valence electrons. The van der Waals surface area contributed by atoms with Crippen LogP contribution in [0.4, 0.5) is 15.8 Å². The van der Waals surface area contributed by atoms with E-state index >= 15 is 4.39 Å². The first kappa shape index (κ1) is 28.9. The van der Waals surface area contributed by atoms with Crippen molar-refractivity contribution in [1.82, 2.24) is 5.32 Å². The number of hydrogen-bond donors (Lipinski definition) is 3. The van der Waals surface area contributed by atoms with Crippen LogP contribution >= 0.6 is 23.2 Å². The van der Waals surface area contributed by atoms with Gasteiger partial charge in [-0.15, -0.1) is 0 Å². The van der Waals surface area contributed by atoms with Crippen LogP contribution < -0.4 is 20.7 Å². The lowest BCUT2D eigenvalue weighted by molar-refractivity contribution is -0.122. The first-order valence-corrected chi connectivity index (χ1v) is 13.9. The monoisotopic (exact) mass is 594 g/mol. The molecule has 0 radical (unpaired) electrons. The highest BCUT2D eigenvalue weighted by molar-refractivity contribution is 6.31. The van der Waals surface area contributed by atoms with Gasteiger partial charge in [0.05, 0.1) is 35.5 Å². The van der Waals surface area contributed by atoms with E-state index in [2.05, 4.69) is 16.0 Å². The number of methoxy groups -OCH3 is 1. The van der Waals surface area contributed by atoms with Gasteiger partial charge in [-0.2, -0.15) is 5.26 Å². The lowest BCUT2D eigenvalue weighted by atomic mass is 9.62. The van der Waals surface area contributed by atoms with E-state index in [0.717, 1.165) is 0 Å². The minimum absolute atomic E-state index is 0.112. The van der Waals surface area contributed by atoms with E-state index in [1.165, 1.54) is 19.2 Å². The Bertz CT molecular complexity index is 1600. The molecule has 7 nitrogen and oxygen atoms in total. The van der Waals surface area contributed by atoms with Gasteiger partial charge in [-0.3, -0.25) is 9.59 Å². The second-order valence-electron chi connectivity index (χ2n) is 11.6. The average molecular weight is 596 g/mol. The van der Waals surface area contributed by atoms with E-state index in [4.69, 9.17) is 27.9 Å². The van der Waals surface area contributed by atoms with E-state index in [9.17, 15) is 14.9 Å². The molecule has 0 aromatic heterocycles. The van der Waals surface area contributed by atoms with Gasteiger partial charge in [0, 0.05) is 28.7 Å². The number of nitriles is 1. The fourth-order valence-electron chi connectivity index (χ4n) is 6.23. The Kier molecular flexibility index (Phi) is 7.49. The summed E-state index contributed by atoms with van der Waals surface area (Å²) in [4.78, 5) is 28.3. The van der Waals surface area contributed by atoms with Crippen LogP contribution in [-0.2, 0) is 15.0 Å². The van der Waals surface area contributed by atoms with Gasteiger partial charge in [-0.1, -0.05) is 62.2 Å². The predicted molar refractivity (Wildman–Crippen MR) is 157 cm³/mol. The number of halogens is 3. The number of rotatable bonds is 5. The highest BCUT2D eigenvalue weighted by Gasteiger charge is 2.66. The molecular weight excluding hydrogens is 566 g/mol. The van der Waals surface area contributed by atoms with Crippen molar-refractivity contribution in [2.75, 3.05) is 17.7 Å². The van der Waals surface area contributed by atoms with Crippen molar-refractivity contribution in [3.63, 3.8) is 0 Å². The zero-order chi connectivity index (χ0) is 29.7. The van der Waals surface area contributed by atoms with Crippen molar-refractivity contribution < 1.29 is 18.7 Å². The summed E-state index contributed by atoms with van der Waals surface area (Å²) in [7, 11) is 1.43. The summed E-state index contributed by atoms with van der Waals surface area (Å²) in [6, 6.07) is 14.8. The molecule has 0 aliphatic carbocycles. The van der Waals surface area contributed by atoms with Crippen molar-refractivity contribution in [1.29, 1.82) is 5.26 Å². The molecule has 1 fully saturated rings. The lowest BCUT2D eigenvalue weighted by Crippen LogP contribution is -2.49. The van der Waals surface area contributed by atoms with Crippen LogP contribution in [0.25, 0.3) is 0 Å². The molecule has 3 aromatic carbocycles. The average Bonchev–Trinajstić information content (AvgIpc) is 3.39. The van der Waals surface area contributed by atoms with Crippen LogP contribution in [0.1, 0.15) is 49.8 Å². The van der Waals surface area contributed by atoms with E-state index in [1.54, 1.807) is 42.5 Å². The number of nitrogens with zero attached hydrogens (tertiary/aromatic N) is 1. The minimum atomic E-state index is -1.37. The highest BCUT2D eigenvalue weighted by atomic mass is 35.5. The number of anilines is 2. The summed E-state index contributed by atoms with van der Waals surface area (Å²) < 4.78 is 21.3. The number of carbonyl (C=O) groups excluding carboxylic acids is 2. The maximum Gasteiger partial charge on any atom is 0.242 e. The first-order chi connectivity index (χ1) is 19.4. The normalized spacial score (nSPS) is 23.2. The number of amides is 2. The molecule has 2 heterocycles. The summed E-state index contributed by atoms with van der Waals surface area (Å²) in [5, 5.41) is 18.9. The highest BCUT2D eigenvalue weighted by Crippen LogP contribution is 2.57. The quantitative estimate of drug-likeness (QED) is 0.317. The molecule has 0 unspecified atom stereocenters. The van der Waals surface area contributed by atoms with Crippen molar-refractivity contribution in [3.8, 4) is 11.8 Å². The Morgan fingerprint density at radius 3 is 2.61 bits per heavy atom. The molecule has 2 aliphatic heterocycles. The molecule has 0 saturated carbocycles. The molecule has 2 aliphatic rings. The molecule has 2 amide bonds. The predicted octanol–water partition coefficient (Wildman–Crippen LogP) is 6.40. The summed E-state index contributed by atoms with van der Waals surface area (Å²) in [5.41, 5.74) is 0.357. The second-order valence-corrected chi connectivity index (χ2v) is 12.5. The number of ether oxygens (including phenoxy) is 1. The maximum absolute atomic E-state index is 15.9. The third-order valence-electron chi connectivity index (χ3n) is 7.81. The van der Waals surface area contributed by atoms with Gasteiger partial charge in [-0.25, -0.2) is 4.39 Å². The molecule has 5 rings (SSSR count). The van der Waals surface area contributed by atoms with E-state index in [-0.39, 0.29) is 21.9 Å². The lowest BCUT2D eigenvalue weighted by Gasteiger charge is -2.37. The Morgan fingerprint density at radius 2 is 1.93 bits per heavy atom. The van der Waals surface area contributed by atoms with Crippen LogP contribution in [0.3, 0.4) is 0 Å². The number of benzene rings is 3. The van der Waals surface area contributed by atoms with Crippen LogP contribution in [0.2, 0.25) is 10.0 Å². The van der Waals surface area contributed by atoms with Gasteiger partial charge in [0.1, 0.15) is 17.0 Å². The van der Waals surface area contributed by atoms with Gasteiger partial charge in [0.25, 0.3) is 0 Å². The van der Waals surface area contributed by atoms with Gasteiger partial charge in [0.15, 0.2) is 0 Å². The maximum atomic E-state index is 15.9. The summed E-state index contributed by atoms with van der Waals surface area (Å²) in [6.07, 6.45) is 0.491. The molecule has 1 saturated heterocycles. The van der Waals surface area contributed by atoms with E-state index in [1.807, 2.05) is 26.8 Å². The molecule has 3 aromatic rings. The second kappa shape index (κ2) is 10.6. The van der Waals surface area contributed by atoms with Gasteiger partial charge in [-0.05, 0) is 53.3 Å². The minimum Gasteiger partial charge on any atom is -0.495 e. The van der Waals surface area contributed by atoms with E-state index in [0.29, 0.717) is 39.7 Å². The third kappa shape index (κ3) is 4.93. The van der Waals surface area contributed by atoms with Crippen molar-refractivity contribution >= 4 is 46.4 Å². The van der Waals surface area contributed by atoms with Gasteiger partial charge >= 0.3 is 0 Å².